The monoisotopic (exact) mass is 608 g/mol. The van der Waals surface area contributed by atoms with E-state index >= 15 is 0 Å². The highest BCUT2D eigenvalue weighted by molar-refractivity contribution is 7.90. The van der Waals surface area contributed by atoms with Crippen molar-refractivity contribution in [3.63, 3.8) is 0 Å². The molecule has 6 rings (SSSR count). The van der Waals surface area contributed by atoms with Crippen LogP contribution in [-0.2, 0) is 32.9 Å². The average Bonchev–Trinajstić information content (AvgIpc) is 3.39. The third kappa shape index (κ3) is 5.61. The highest BCUT2D eigenvalue weighted by Crippen LogP contribution is 2.34. The van der Waals surface area contributed by atoms with E-state index in [1.54, 1.807) is 60.7 Å². The lowest BCUT2D eigenvalue weighted by atomic mass is 10.0. The summed E-state index contributed by atoms with van der Waals surface area (Å²) in [5.74, 6) is 0. The lowest BCUT2D eigenvalue weighted by Gasteiger charge is -2.24. The van der Waals surface area contributed by atoms with Gasteiger partial charge in [-0.3, -0.25) is 0 Å². The van der Waals surface area contributed by atoms with Crippen LogP contribution in [-0.4, -0.2) is 38.2 Å². The second-order valence-electron chi connectivity index (χ2n) is 10.6. The molecule has 0 N–H and O–H groups in total. The second kappa shape index (κ2) is 11.8. The minimum atomic E-state index is -3.93. The van der Waals surface area contributed by atoms with Crippen molar-refractivity contribution in [3.8, 4) is 0 Å². The number of hydrogen-bond acceptors (Lipinski definition) is 4. The Hall–Kier alpha value is -4.24. The highest BCUT2D eigenvalue weighted by Gasteiger charge is 2.30. The molecule has 1 aliphatic rings. The number of nitrogens with zero attached hydrogens (tertiary/aromatic N) is 2. The van der Waals surface area contributed by atoms with E-state index in [0.717, 1.165) is 27.7 Å². The second-order valence-corrected chi connectivity index (χ2v) is 14.3. The van der Waals surface area contributed by atoms with Gasteiger partial charge in [-0.2, -0.15) is 4.31 Å². The molecule has 218 valence electrons. The summed E-state index contributed by atoms with van der Waals surface area (Å²) < 4.78 is 59.3. The first-order valence-electron chi connectivity index (χ1n) is 14.2. The van der Waals surface area contributed by atoms with Gasteiger partial charge in [0.05, 0.1) is 15.3 Å². The van der Waals surface area contributed by atoms with Crippen LogP contribution in [0.5, 0.6) is 0 Å². The molecule has 5 aromatic rings. The van der Waals surface area contributed by atoms with Gasteiger partial charge in [-0.1, -0.05) is 97.1 Å². The molecular weight excluding hydrogens is 577 g/mol. The standard InChI is InChI=1S/C35H32N2O4S2/c1-27(25-28-13-5-2-6-14-28)29-21-22-35-33(23-24-36(26-29)42(38,39)30-15-7-3-8-16-30)32-19-11-12-20-34(32)37(35)43(40,41)31-17-9-4-10-18-31/h2-21,25H,22-24,26H2,1H3/b27-25-,29-21+. The van der Waals surface area contributed by atoms with Gasteiger partial charge >= 0.3 is 0 Å². The molecule has 0 atom stereocenters. The predicted octanol–water partition coefficient (Wildman–Crippen LogP) is 6.70. The number of hydrogen-bond donors (Lipinski definition) is 0. The van der Waals surface area contributed by atoms with Crippen LogP contribution >= 0.6 is 0 Å². The fourth-order valence-corrected chi connectivity index (χ4v) is 8.75. The molecule has 43 heavy (non-hydrogen) atoms. The molecule has 1 aromatic heterocycles. The molecule has 0 saturated heterocycles. The molecular formula is C35H32N2O4S2. The SMILES string of the molecule is CC(=C/c1ccccc1)/C1=C/Cc2c(c3ccccc3n2S(=O)(=O)c2ccccc2)CCN(S(=O)(=O)c2ccccc2)C1. The summed E-state index contributed by atoms with van der Waals surface area (Å²) in [7, 11) is -7.77. The third-order valence-corrected chi connectivity index (χ3v) is 11.5. The fourth-order valence-electron chi connectivity index (χ4n) is 5.70. The average molecular weight is 609 g/mol. The van der Waals surface area contributed by atoms with E-state index in [0.29, 0.717) is 24.1 Å². The quantitative estimate of drug-likeness (QED) is 0.215. The molecule has 0 saturated carbocycles. The van der Waals surface area contributed by atoms with Crippen molar-refractivity contribution in [1.82, 2.24) is 8.28 Å². The normalized spacial score (nSPS) is 16.5. The van der Waals surface area contributed by atoms with Gasteiger partial charge in [0.15, 0.2) is 0 Å². The fraction of sp³-hybridized carbons (Fsp3) is 0.143. The van der Waals surface area contributed by atoms with Gasteiger partial charge in [0.2, 0.25) is 10.0 Å². The lowest BCUT2D eigenvalue weighted by Crippen LogP contribution is -2.34. The summed E-state index contributed by atoms with van der Waals surface area (Å²) in [6.07, 6.45) is 4.71. The van der Waals surface area contributed by atoms with E-state index in [9.17, 15) is 16.8 Å². The molecule has 0 radical (unpaired) electrons. The molecule has 1 aliphatic heterocycles. The van der Waals surface area contributed by atoms with Crippen LogP contribution in [0.4, 0.5) is 0 Å². The summed E-state index contributed by atoms with van der Waals surface area (Å²) >= 11 is 0. The maximum Gasteiger partial charge on any atom is 0.268 e. The summed E-state index contributed by atoms with van der Waals surface area (Å²) in [5, 5.41) is 0.808. The molecule has 0 spiro atoms. The first kappa shape index (κ1) is 28.9. The van der Waals surface area contributed by atoms with Crippen molar-refractivity contribution in [3.05, 3.63) is 149 Å². The van der Waals surface area contributed by atoms with Crippen LogP contribution in [0.15, 0.2) is 142 Å². The van der Waals surface area contributed by atoms with E-state index in [2.05, 4.69) is 0 Å². The summed E-state index contributed by atoms with van der Waals surface area (Å²) in [4.78, 5) is 0.434. The van der Waals surface area contributed by atoms with E-state index in [4.69, 9.17) is 0 Å². The molecule has 8 heteroatoms. The molecule has 0 amide bonds. The Bertz CT molecular complexity index is 2050. The Labute approximate surface area is 253 Å². The minimum absolute atomic E-state index is 0.167. The van der Waals surface area contributed by atoms with Crippen molar-refractivity contribution in [1.29, 1.82) is 0 Å². The van der Waals surface area contributed by atoms with Crippen LogP contribution in [0.25, 0.3) is 17.0 Å². The molecule has 0 bridgehead atoms. The third-order valence-electron chi connectivity index (χ3n) is 7.89. The molecule has 2 heterocycles. The van der Waals surface area contributed by atoms with Gasteiger partial charge in [-0.25, -0.2) is 20.8 Å². The van der Waals surface area contributed by atoms with Gasteiger partial charge in [-0.15, -0.1) is 0 Å². The Morgan fingerprint density at radius 3 is 1.91 bits per heavy atom. The van der Waals surface area contributed by atoms with E-state index < -0.39 is 20.0 Å². The number of allylic oxidation sites excluding steroid dienone is 1. The molecule has 0 aliphatic carbocycles. The van der Waals surface area contributed by atoms with Gasteiger partial charge in [-0.05, 0) is 65.9 Å². The van der Waals surface area contributed by atoms with Crippen LogP contribution in [0.1, 0.15) is 23.7 Å². The minimum Gasteiger partial charge on any atom is -0.237 e. The van der Waals surface area contributed by atoms with Crippen LogP contribution in [0.3, 0.4) is 0 Å². The summed E-state index contributed by atoms with van der Waals surface area (Å²) in [6, 6.07) is 34.2. The van der Waals surface area contributed by atoms with Crippen molar-refractivity contribution in [2.45, 2.75) is 29.6 Å². The zero-order valence-corrected chi connectivity index (χ0v) is 25.4. The lowest BCUT2D eigenvalue weighted by molar-refractivity contribution is 0.440. The number of benzene rings is 4. The Morgan fingerprint density at radius 1 is 0.698 bits per heavy atom. The van der Waals surface area contributed by atoms with Crippen molar-refractivity contribution < 1.29 is 16.8 Å². The first-order chi connectivity index (χ1) is 20.8. The zero-order valence-electron chi connectivity index (χ0n) is 23.8. The summed E-state index contributed by atoms with van der Waals surface area (Å²) in [6.45, 7) is 2.33. The largest absolute Gasteiger partial charge is 0.268 e. The Balaban J connectivity index is 1.55. The number of para-hydroxylation sites is 1. The smallest absolute Gasteiger partial charge is 0.237 e. The van der Waals surface area contributed by atoms with Crippen molar-refractivity contribution in [2.24, 2.45) is 0 Å². The molecule has 4 aromatic carbocycles. The van der Waals surface area contributed by atoms with Crippen LogP contribution in [0.2, 0.25) is 0 Å². The Kier molecular flexibility index (Phi) is 7.92. The maximum atomic E-state index is 14.2. The first-order valence-corrected chi connectivity index (χ1v) is 17.0. The predicted molar refractivity (Wildman–Crippen MR) is 172 cm³/mol. The van der Waals surface area contributed by atoms with E-state index in [1.165, 1.54) is 8.28 Å². The van der Waals surface area contributed by atoms with E-state index in [1.807, 2.05) is 73.7 Å². The highest BCUT2D eigenvalue weighted by atomic mass is 32.2. The molecule has 6 nitrogen and oxygen atoms in total. The van der Waals surface area contributed by atoms with E-state index in [-0.39, 0.29) is 22.9 Å². The topological polar surface area (TPSA) is 76.5 Å². The van der Waals surface area contributed by atoms with Crippen LogP contribution < -0.4 is 0 Å². The zero-order chi connectivity index (χ0) is 30.0. The van der Waals surface area contributed by atoms with Gasteiger partial charge in [0, 0.05) is 30.6 Å². The Morgan fingerprint density at radius 2 is 1.26 bits per heavy atom. The number of aromatic nitrogens is 1. The number of rotatable bonds is 6. The van der Waals surface area contributed by atoms with Crippen molar-refractivity contribution in [2.75, 3.05) is 13.1 Å². The summed E-state index contributed by atoms with van der Waals surface area (Å²) in [5.41, 5.74) is 4.81. The maximum absolute atomic E-state index is 14.2. The molecule has 0 fully saturated rings. The van der Waals surface area contributed by atoms with Crippen molar-refractivity contribution >= 4 is 37.0 Å². The van der Waals surface area contributed by atoms with Gasteiger partial charge in [0.1, 0.15) is 0 Å². The van der Waals surface area contributed by atoms with Gasteiger partial charge < -0.3 is 0 Å². The van der Waals surface area contributed by atoms with Crippen LogP contribution in [0, 0.1) is 0 Å². The van der Waals surface area contributed by atoms with Gasteiger partial charge in [0.25, 0.3) is 10.0 Å². The number of fused-ring (bicyclic) bond motifs is 3. The number of sulfonamides is 1. The molecule has 0 unspecified atom stereocenters.